The number of anilines is 1. The zero-order chi connectivity index (χ0) is 22.3. The van der Waals surface area contributed by atoms with Crippen molar-refractivity contribution in [2.24, 2.45) is 0 Å². The predicted molar refractivity (Wildman–Crippen MR) is 119 cm³/mol. The van der Waals surface area contributed by atoms with Crippen LogP contribution in [0.25, 0.3) is 11.2 Å². The van der Waals surface area contributed by atoms with Crippen molar-refractivity contribution in [1.29, 1.82) is 0 Å². The number of nitrogens with zero attached hydrogens (tertiary/aromatic N) is 5. The van der Waals surface area contributed by atoms with Crippen LogP contribution in [0.15, 0.2) is 61.3 Å². The van der Waals surface area contributed by atoms with Gasteiger partial charge in [-0.05, 0) is 44.0 Å². The van der Waals surface area contributed by atoms with Gasteiger partial charge in [0.25, 0.3) is 0 Å². The molecule has 0 aliphatic carbocycles. The van der Waals surface area contributed by atoms with Crippen molar-refractivity contribution < 1.29 is 14.3 Å². The van der Waals surface area contributed by atoms with Crippen LogP contribution in [-0.4, -0.2) is 43.5 Å². The van der Waals surface area contributed by atoms with Gasteiger partial charge in [0.05, 0.1) is 11.7 Å². The Balaban J connectivity index is 1.34. The monoisotopic (exact) mass is 430 g/mol. The zero-order valence-corrected chi connectivity index (χ0v) is 17.7. The van der Waals surface area contributed by atoms with Gasteiger partial charge in [0.2, 0.25) is 5.88 Å². The summed E-state index contributed by atoms with van der Waals surface area (Å²) in [5.74, 6) is 1.21. The van der Waals surface area contributed by atoms with Crippen LogP contribution in [0.4, 0.5) is 5.82 Å². The lowest BCUT2D eigenvalue weighted by Crippen LogP contribution is -2.11. The van der Waals surface area contributed by atoms with Crippen LogP contribution in [0.1, 0.15) is 29.8 Å². The van der Waals surface area contributed by atoms with Crippen LogP contribution in [-0.2, 0) is 11.2 Å². The highest BCUT2D eigenvalue weighted by Crippen LogP contribution is 2.21. The summed E-state index contributed by atoms with van der Waals surface area (Å²) in [6.45, 7) is 4.28. The van der Waals surface area contributed by atoms with Crippen LogP contribution >= 0.6 is 0 Å². The largest absolute Gasteiger partial charge is 0.459 e. The molecule has 1 aromatic carbocycles. The lowest BCUT2D eigenvalue weighted by Gasteiger charge is -2.10. The summed E-state index contributed by atoms with van der Waals surface area (Å²) in [5.41, 5.74) is 2.72. The van der Waals surface area contributed by atoms with E-state index in [0.29, 0.717) is 40.7 Å². The molecular weight excluding hydrogens is 408 g/mol. The Morgan fingerprint density at radius 2 is 1.78 bits per heavy atom. The molecule has 0 spiro atoms. The molecule has 3 heterocycles. The quantitative estimate of drug-likeness (QED) is 0.417. The fraction of sp³-hybridized carbons (Fsp3) is 0.217. The number of rotatable bonds is 8. The summed E-state index contributed by atoms with van der Waals surface area (Å²) in [4.78, 5) is 33.0. The van der Waals surface area contributed by atoms with Gasteiger partial charge in [-0.2, -0.15) is 0 Å². The third kappa shape index (κ3) is 5.31. The van der Waals surface area contributed by atoms with Gasteiger partial charge in [-0.1, -0.05) is 12.1 Å². The maximum absolute atomic E-state index is 12.1. The molecule has 0 aliphatic rings. The van der Waals surface area contributed by atoms with E-state index in [-0.39, 0.29) is 6.10 Å². The second-order valence-electron chi connectivity index (χ2n) is 7.21. The number of nitrogens with one attached hydrogen (secondary N) is 1. The van der Waals surface area contributed by atoms with Crippen LogP contribution in [0, 0.1) is 0 Å². The maximum Gasteiger partial charge on any atom is 0.338 e. The second-order valence-corrected chi connectivity index (χ2v) is 7.21. The summed E-state index contributed by atoms with van der Waals surface area (Å²) < 4.78 is 11.0. The molecule has 0 fully saturated rings. The van der Waals surface area contributed by atoms with Gasteiger partial charge in [0.1, 0.15) is 17.6 Å². The minimum atomic E-state index is -0.405. The average molecular weight is 430 g/mol. The highest BCUT2D eigenvalue weighted by Gasteiger charge is 2.11. The number of hydrogen-bond donors (Lipinski definition) is 1. The summed E-state index contributed by atoms with van der Waals surface area (Å²) >= 11 is 0. The van der Waals surface area contributed by atoms with Gasteiger partial charge < -0.3 is 14.8 Å². The molecule has 4 aromatic rings. The van der Waals surface area contributed by atoms with E-state index in [1.165, 1.54) is 12.5 Å². The first-order chi connectivity index (χ1) is 15.6. The Morgan fingerprint density at radius 1 is 0.969 bits per heavy atom. The first kappa shape index (κ1) is 21.1. The fourth-order valence-corrected chi connectivity index (χ4v) is 2.97. The molecule has 0 bridgehead atoms. The summed E-state index contributed by atoms with van der Waals surface area (Å²) in [6.07, 6.45) is 6.80. The van der Waals surface area contributed by atoms with Gasteiger partial charge in [-0.3, -0.25) is 0 Å². The highest BCUT2D eigenvalue weighted by molar-refractivity contribution is 5.89. The molecule has 9 nitrogen and oxygen atoms in total. The minimum Gasteiger partial charge on any atom is -0.459 e. The molecule has 0 unspecified atom stereocenters. The molecule has 162 valence electrons. The SMILES string of the molecule is CC(C)OC(=O)c1ccnc(Oc2ccc(CCNc3ncnc4nccnc34)cc2)c1. The van der Waals surface area contributed by atoms with Crippen LogP contribution in [0.3, 0.4) is 0 Å². The number of ether oxygens (including phenoxy) is 2. The van der Waals surface area contributed by atoms with E-state index in [1.807, 2.05) is 24.3 Å². The first-order valence-electron chi connectivity index (χ1n) is 10.2. The van der Waals surface area contributed by atoms with Crippen molar-refractivity contribution in [3.8, 4) is 11.6 Å². The van der Waals surface area contributed by atoms with Crippen molar-refractivity contribution in [3.05, 3.63) is 72.4 Å². The van der Waals surface area contributed by atoms with E-state index in [9.17, 15) is 4.79 Å². The number of benzene rings is 1. The van der Waals surface area contributed by atoms with Crippen LogP contribution in [0.2, 0.25) is 0 Å². The molecule has 0 radical (unpaired) electrons. The lowest BCUT2D eigenvalue weighted by molar-refractivity contribution is 0.0377. The summed E-state index contributed by atoms with van der Waals surface area (Å²) in [5, 5.41) is 3.28. The van der Waals surface area contributed by atoms with Crippen molar-refractivity contribution in [3.63, 3.8) is 0 Å². The maximum atomic E-state index is 12.1. The van der Waals surface area contributed by atoms with Crippen LogP contribution in [0.5, 0.6) is 11.6 Å². The van der Waals surface area contributed by atoms with E-state index >= 15 is 0 Å². The van der Waals surface area contributed by atoms with E-state index in [1.54, 1.807) is 38.4 Å². The number of esters is 1. The number of fused-ring (bicyclic) bond motifs is 1. The third-order valence-electron chi connectivity index (χ3n) is 4.44. The Kier molecular flexibility index (Phi) is 6.45. The molecule has 0 saturated heterocycles. The van der Waals surface area contributed by atoms with Crippen molar-refractivity contribution in [2.75, 3.05) is 11.9 Å². The average Bonchev–Trinajstić information content (AvgIpc) is 2.80. The number of carbonyl (C=O) groups excluding carboxylic acids is 1. The normalized spacial score (nSPS) is 10.8. The molecule has 3 aromatic heterocycles. The number of hydrogen-bond acceptors (Lipinski definition) is 9. The van der Waals surface area contributed by atoms with Gasteiger partial charge >= 0.3 is 5.97 Å². The van der Waals surface area contributed by atoms with Gasteiger partial charge in [-0.15, -0.1) is 0 Å². The standard InChI is InChI=1S/C23H22N6O3/c1-15(2)31-23(30)17-8-10-24-19(13-17)32-18-5-3-16(4-6-18)7-9-26-21-20-22(29-14-28-21)27-12-11-25-20/h3-6,8,10-15H,7,9H2,1-2H3,(H,26,27,28,29). The number of pyridine rings is 1. The Bertz CT molecular complexity index is 1210. The zero-order valence-electron chi connectivity index (χ0n) is 17.7. The first-order valence-corrected chi connectivity index (χ1v) is 10.2. The van der Waals surface area contributed by atoms with Gasteiger partial charge in [0.15, 0.2) is 11.5 Å². The van der Waals surface area contributed by atoms with E-state index in [2.05, 4.69) is 30.2 Å². The summed E-state index contributed by atoms with van der Waals surface area (Å²) in [6, 6.07) is 10.8. The minimum absolute atomic E-state index is 0.192. The second kappa shape index (κ2) is 9.78. The van der Waals surface area contributed by atoms with Crippen molar-refractivity contribution in [1.82, 2.24) is 24.9 Å². The van der Waals surface area contributed by atoms with Gasteiger partial charge in [-0.25, -0.2) is 29.7 Å². The van der Waals surface area contributed by atoms with Crippen molar-refractivity contribution in [2.45, 2.75) is 26.4 Å². The smallest absolute Gasteiger partial charge is 0.338 e. The molecule has 9 heteroatoms. The van der Waals surface area contributed by atoms with Crippen LogP contribution < -0.4 is 10.1 Å². The molecular formula is C23H22N6O3. The van der Waals surface area contributed by atoms with Gasteiger partial charge in [0, 0.05) is 31.2 Å². The fourth-order valence-electron chi connectivity index (χ4n) is 2.97. The lowest BCUT2D eigenvalue weighted by atomic mass is 10.1. The molecule has 0 saturated carbocycles. The molecule has 32 heavy (non-hydrogen) atoms. The topological polar surface area (TPSA) is 112 Å². The third-order valence-corrected chi connectivity index (χ3v) is 4.44. The Labute approximate surface area is 184 Å². The number of aromatic nitrogens is 5. The highest BCUT2D eigenvalue weighted by atomic mass is 16.5. The molecule has 0 amide bonds. The Morgan fingerprint density at radius 3 is 2.59 bits per heavy atom. The van der Waals surface area contributed by atoms with E-state index in [4.69, 9.17) is 9.47 Å². The van der Waals surface area contributed by atoms with Crippen molar-refractivity contribution >= 4 is 23.0 Å². The molecule has 0 atom stereocenters. The molecule has 0 aliphatic heterocycles. The summed E-state index contributed by atoms with van der Waals surface area (Å²) in [7, 11) is 0. The van der Waals surface area contributed by atoms with E-state index < -0.39 is 5.97 Å². The van der Waals surface area contributed by atoms with E-state index in [0.717, 1.165) is 12.0 Å². The Hall–Kier alpha value is -4.14. The predicted octanol–water partition coefficient (Wildman–Crippen LogP) is 3.83. The number of carbonyl (C=O) groups is 1. The molecule has 4 rings (SSSR count). The molecule has 1 N–H and O–H groups in total.